The summed E-state index contributed by atoms with van der Waals surface area (Å²) in [6.07, 6.45) is -0.118. The maximum Gasteiger partial charge on any atom is 0.202 e. The van der Waals surface area contributed by atoms with E-state index in [-0.39, 0.29) is 23.2 Å². The summed E-state index contributed by atoms with van der Waals surface area (Å²) in [6, 6.07) is 15.1. The fraction of sp³-hybridized carbons (Fsp3) is 0.158. The van der Waals surface area contributed by atoms with Crippen molar-refractivity contribution < 1.29 is 14.3 Å². The quantitative estimate of drug-likeness (QED) is 0.586. The number of thioether (sulfide) groups is 1. The molecule has 0 amide bonds. The van der Waals surface area contributed by atoms with Crippen LogP contribution in [0.4, 0.5) is 0 Å². The van der Waals surface area contributed by atoms with Crippen molar-refractivity contribution in [3.63, 3.8) is 0 Å². The molecule has 1 aliphatic heterocycles. The van der Waals surface area contributed by atoms with Crippen molar-refractivity contribution in [3.05, 3.63) is 81.4 Å². The third-order valence-corrected chi connectivity index (χ3v) is 5.17. The molecule has 0 radical (unpaired) electrons. The van der Waals surface area contributed by atoms with Crippen molar-refractivity contribution in [2.24, 2.45) is 0 Å². The average Bonchev–Trinajstić information content (AvgIpc) is 3.13. The third kappa shape index (κ3) is 2.30. The van der Waals surface area contributed by atoms with Gasteiger partial charge in [0.1, 0.15) is 11.7 Å². The Morgan fingerprint density at radius 3 is 2.17 bits per heavy atom. The first-order chi connectivity index (χ1) is 11.1. The zero-order valence-corrected chi connectivity index (χ0v) is 13.4. The van der Waals surface area contributed by atoms with Crippen molar-refractivity contribution in [2.75, 3.05) is 5.75 Å². The van der Waals surface area contributed by atoms with E-state index in [1.54, 1.807) is 24.3 Å². The number of ketones is 2. The molecule has 1 atom stereocenters. The summed E-state index contributed by atoms with van der Waals surface area (Å²) in [5, 5.41) is 0.460. The molecule has 0 bridgehead atoms. The molecule has 0 aromatic heterocycles. The molecule has 1 fully saturated rings. The van der Waals surface area contributed by atoms with Crippen LogP contribution in [0.3, 0.4) is 0 Å². The fourth-order valence-electron chi connectivity index (χ4n) is 2.86. The Morgan fingerprint density at radius 2 is 1.57 bits per heavy atom. The number of hydrogen-bond acceptors (Lipinski definition) is 4. The number of ether oxygens (including phenoxy) is 1. The summed E-state index contributed by atoms with van der Waals surface area (Å²) < 4.78 is 5.94. The number of fused-ring (bicyclic) bond motifs is 1. The van der Waals surface area contributed by atoms with Gasteiger partial charge < -0.3 is 4.74 Å². The molecule has 2 aromatic rings. The zero-order valence-electron chi connectivity index (χ0n) is 12.5. The van der Waals surface area contributed by atoms with Gasteiger partial charge in [-0.25, -0.2) is 0 Å². The second kappa shape index (κ2) is 5.39. The monoisotopic (exact) mass is 322 g/mol. The molecule has 23 heavy (non-hydrogen) atoms. The van der Waals surface area contributed by atoms with Gasteiger partial charge in [0.15, 0.2) is 5.09 Å². The molecule has 0 saturated carbocycles. The highest BCUT2D eigenvalue weighted by Gasteiger charge is 2.39. The first-order valence-corrected chi connectivity index (χ1v) is 8.42. The maximum atomic E-state index is 12.5. The maximum absolute atomic E-state index is 12.5. The number of rotatable bonds is 1. The molecule has 2 aromatic carbocycles. The second-order valence-corrected chi connectivity index (χ2v) is 6.69. The molecule has 3 nitrogen and oxygen atoms in total. The topological polar surface area (TPSA) is 43.4 Å². The van der Waals surface area contributed by atoms with Crippen molar-refractivity contribution in [3.8, 4) is 0 Å². The van der Waals surface area contributed by atoms with Crippen molar-refractivity contribution >= 4 is 23.3 Å². The van der Waals surface area contributed by atoms with Crippen LogP contribution in [0.5, 0.6) is 0 Å². The molecular formula is C19H14O3S. The Morgan fingerprint density at radius 1 is 0.957 bits per heavy atom. The Labute approximate surface area is 138 Å². The van der Waals surface area contributed by atoms with Gasteiger partial charge in [-0.2, -0.15) is 0 Å². The van der Waals surface area contributed by atoms with E-state index in [9.17, 15) is 9.59 Å². The highest BCUT2D eigenvalue weighted by molar-refractivity contribution is 8.03. The molecule has 1 saturated heterocycles. The van der Waals surface area contributed by atoms with Gasteiger partial charge in [-0.1, -0.05) is 65.9 Å². The van der Waals surface area contributed by atoms with Gasteiger partial charge in [-0.15, -0.1) is 0 Å². The van der Waals surface area contributed by atoms with Gasteiger partial charge in [-0.05, 0) is 12.5 Å². The van der Waals surface area contributed by atoms with Gasteiger partial charge in [-0.3, -0.25) is 9.59 Å². The van der Waals surface area contributed by atoms with Crippen LogP contribution in [0.15, 0.2) is 59.2 Å². The van der Waals surface area contributed by atoms with Crippen molar-refractivity contribution in [1.29, 1.82) is 0 Å². The van der Waals surface area contributed by atoms with Crippen LogP contribution in [-0.2, 0) is 4.74 Å². The largest absolute Gasteiger partial charge is 0.478 e. The summed E-state index contributed by atoms with van der Waals surface area (Å²) in [6.45, 7) is 2.04. The Bertz CT molecular complexity index is 812. The third-order valence-electron chi connectivity index (χ3n) is 4.14. The molecule has 4 heteroatoms. The summed E-state index contributed by atoms with van der Waals surface area (Å²) in [5.74, 6) is 0.258. The summed E-state index contributed by atoms with van der Waals surface area (Å²) in [4.78, 5) is 25.0. The molecule has 1 aliphatic carbocycles. The Kier molecular flexibility index (Phi) is 3.34. The summed E-state index contributed by atoms with van der Waals surface area (Å²) >= 11 is 1.44. The highest BCUT2D eigenvalue weighted by atomic mass is 32.2. The molecule has 114 valence electrons. The first kappa shape index (κ1) is 14.3. The lowest BCUT2D eigenvalue weighted by atomic mass is 10.1. The van der Waals surface area contributed by atoms with Crippen LogP contribution in [0.2, 0.25) is 0 Å². The van der Waals surface area contributed by atoms with Crippen molar-refractivity contribution in [1.82, 2.24) is 0 Å². The predicted molar refractivity (Wildman–Crippen MR) is 89.6 cm³/mol. The van der Waals surface area contributed by atoms with Crippen molar-refractivity contribution in [2.45, 2.75) is 13.0 Å². The normalized spacial score (nSPS) is 20.0. The summed E-state index contributed by atoms with van der Waals surface area (Å²) in [7, 11) is 0. The molecule has 0 N–H and O–H groups in total. The fourth-order valence-corrected chi connectivity index (χ4v) is 3.94. The van der Waals surface area contributed by atoms with Crippen LogP contribution in [0.1, 0.15) is 37.9 Å². The van der Waals surface area contributed by atoms with Gasteiger partial charge in [0.2, 0.25) is 11.6 Å². The minimum atomic E-state index is -0.224. The zero-order chi connectivity index (χ0) is 16.0. The molecular weight excluding hydrogens is 308 g/mol. The van der Waals surface area contributed by atoms with Crippen LogP contribution in [0.25, 0.3) is 0 Å². The smallest absolute Gasteiger partial charge is 0.202 e. The molecule has 2 aliphatic rings. The highest BCUT2D eigenvalue weighted by Crippen LogP contribution is 2.42. The average molecular weight is 322 g/mol. The molecule has 0 spiro atoms. The van der Waals surface area contributed by atoms with Gasteiger partial charge >= 0.3 is 0 Å². The van der Waals surface area contributed by atoms with E-state index in [4.69, 9.17) is 4.74 Å². The van der Waals surface area contributed by atoms with E-state index in [2.05, 4.69) is 0 Å². The lowest BCUT2D eigenvalue weighted by molar-refractivity contribution is 0.0970. The SMILES string of the molecule is Cc1ccc(C2CSC(=C3C(=O)c4ccccc4C3=O)O2)cc1. The number of hydrogen-bond donors (Lipinski definition) is 0. The van der Waals surface area contributed by atoms with E-state index < -0.39 is 0 Å². The Balaban J connectivity index is 1.67. The number of benzene rings is 2. The Hall–Kier alpha value is -2.33. The predicted octanol–water partition coefficient (Wildman–Crippen LogP) is 4.09. The minimum Gasteiger partial charge on any atom is -0.478 e. The first-order valence-electron chi connectivity index (χ1n) is 7.44. The lowest BCUT2D eigenvalue weighted by Gasteiger charge is -2.10. The van der Waals surface area contributed by atoms with E-state index in [1.165, 1.54) is 17.3 Å². The standard InChI is InChI=1S/C19H14O3S/c1-11-6-8-12(9-7-11)15-10-23-19(22-15)16-17(20)13-4-2-3-5-14(13)18(16)21/h2-9,15H,10H2,1H3. The van der Waals surface area contributed by atoms with E-state index in [1.807, 2.05) is 31.2 Å². The van der Waals surface area contributed by atoms with Crippen LogP contribution < -0.4 is 0 Å². The summed E-state index contributed by atoms with van der Waals surface area (Å²) in [5.41, 5.74) is 3.39. The molecule has 4 rings (SSSR count). The molecule has 1 unspecified atom stereocenters. The number of carbonyl (C=O) groups is 2. The van der Waals surface area contributed by atoms with Crippen LogP contribution >= 0.6 is 11.8 Å². The van der Waals surface area contributed by atoms with E-state index in [0.29, 0.717) is 22.0 Å². The van der Waals surface area contributed by atoms with Gasteiger partial charge in [0.25, 0.3) is 0 Å². The number of carbonyl (C=O) groups excluding carboxylic acids is 2. The number of allylic oxidation sites excluding steroid dienone is 1. The van der Waals surface area contributed by atoms with Gasteiger partial charge in [0.05, 0.1) is 0 Å². The minimum absolute atomic E-state index is 0.118. The number of Topliss-reactive ketones (excluding diaryl/α,β-unsaturated/α-hetero) is 2. The second-order valence-electron chi connectivity index (χ2n) is 5.69. The van der Waals surface area contributed by atoms with Crippen LogP contribution in [-0.4, -0.2) is 17.3 Å². The molecule has 1 heterocycles. The van der Waals surface area contributed by atoms with Crippen LogP contribution in [0, 0.1) is 6.92 Å². The van der Waals surface area contributed by atoms with E-state index >= 15 is 0 Å². The number of aryl methyl sites for hydroxylation is 1. The van der Waals surface area contributed by atoms with E-state index in [0.717, 1.165) is 5.56 Å². The lowest BCUT2D eigenvalue weighted by Crippen LogP contribution is -2.05. The van der Waals surface area contributed by atoms with Gasteiger partial charge in [0, 0.05) is 16.9 Å².